The fraction of sp³-hybridized carbons (Fsp3) is 0.294. The van der Waals surface area contributed by atoms with Crippen molar-refractivity contribution in [2.24, 2.45) is 0 Å². The van der Waals surface area contributed by atoms with Crippen molar-refractivity contribution in [2.75, 3.05) is 7.11 Å². The molecule has 3 aromatic rings. The molecule has 2 heterocycles. The molecule has 1 aromatic carbocycles. The van der Waals surface area contributed by atoms with Crippen molar-refractivity contribution in [1.82, 2.24) is 9.55 Å². The van der Waals surface area contributed by atoms with Gasteiger partial charge in [-0.3, -0.25) is 9.36 Å². The van der Waals surface area contributed by atoms with E-state index < -0.39 is 0 Å². The lowest BCUT2D eigenvalue weighted by Gasteiger charge is -2.11. The third-order valence-electron chi connectivity index (χ3n) is 4.27. The first-order valence-electron chi connectivity index (χ1n) is 7.49. The second-order valence-electron chi connectivity index (χ2n) is 5.67. The highest BCUT2D eigenvalue weighted by Crippen LogP contribution is 2.34. The van der Waals surface area contributed by atoms with E-state index in [9.17, 15) is 4.79 Å². The smallest absolute Gasteiger partial charge is 0.262 e. The lowest BCUT2D eigenvalue weighted by molar-refractivity contribution is 0.408. The van der Waals surface area contributed by atoms with Crippen LogP contribution in [0.1, 0.15) is 22.4 Å². The lowest BCUT2D eigenvalue weighted by Crippen LogP contribution is -2.21. The molecule has 0 aliphatic heterocycles. The molecule has 118 valence electrons. The van der Waals surface area contributed by atoms with Gasteiger partial charge in [-0.1, -0.05) is 11.6 Å². The van der Waals surface area contributed by atoms with Crippen LogP contribution in [-0.4, -0.2) is 16.7 Å². The number of hydrogen-bond acceptors (Lipinski definition) is 4. The SMILES string of the molecule is COc1ccc(Cl)cc1Cn1cnc2sc3c(c2c1=O)CCC3. The van der Waals surface area contributed by atoms with Crippen LogP contribution in [0.15, 0.2) is 29.3 Å². The minimum absolute atomic E-state index is 0.0245. The summed E-state index contributed by atoms with van der Waals surface area (Å²) in [5.74, 6) is 0.719. The zero-order valence-electron chi connectivity index (χ0n) is 12.6. The van der Waals surface area contributed by atoms with Crippen LogP contribution in [0.25, 0.3) is 10.2 Å². The number of benzene rings is 1. The number of nitrogens with zero attached hydrogens (tertiary/aromatic N) is 2. The normalized spacial score (nSPS) is 13.5. The second kappa shape index (κ2) is 5.65. The summed E-state index contributed by atoms with van der Waals surface area (Å²) >= 11 is 7.73. The first kappa shape index (κ1) is 14.7. The topological polar surface area (TPSA) is 44.1 Å². The molecule has 0 fully saturated rings. The van der Waals surface area contributed by atoms with Crippen molar-refractivity contribution in [3.63, 3.8) is 0 Å². The van der Waals surface area contributed by atoms with Crippen LogP contribution in [0.5, 0.6) is 5.75 Å². The number of hydrogen-bond donors (Lipinski definition) is 0. The highest BCUT2D eigenvalue weighted by Gasteiger charge is 2.21. The maximum absolute atomic E-state index is 12.9. The van der Waals surface area contributed by atoms with Crippen LogP contribution >= 0.6 is 22.9 Å². The summed E-state index contributed by atoms with van der Waals surface area (Å²) in [5.41, 5.74) is 2.10. The molecule has 0 bridgehead atoms. The van der Waals surface area contributed by atoms with Crippen LogP contribution in [0.2, 0.25) is 5.02 Å². The summed E-state index contributed by atoms with van der Waals surface area (Å²) in [6, 6.07) is 5.42. The Morgan fingerprint density at radius 1 is 1.39 bits per heavy atom. The molecule has 1 aliphatic carbocycles. The number of ether oxygens (including phenoxy) is 1. The number of aryl methyl sites for hydroxylation is 2. The Hall–Kier alpha value is -1.85. The van der Waals surface area contributed by atoms with Gasteiger partial charge in [-0.25, -0.2) is 4.98 Å². The molecule has 0 saturated carbocycles. The molecular weight excluding hydrogens is 332 g/mol. The molecule has 0 radical (unpaired) electrons. The van der Waals surface area contributed by atoms with Crippen molar-refractivity contribution < 1.29 is 4.74 Å². The van der Waals surface area contributed by atoms with Gasteiger partial charge in [-0.2, -0.15) is 0 Å². The third kappa shape index (κ3) is 2.44. The summed E-state index contributed by atoms with van der Waals surface area (Å²) in [4.78, 5) is 19.6. The predicted octanol–water partition coefficient (Wildman–Crippen LogP) is 3.66. The number of rotatable bonds is 3. The van der Waals surface area contributed by atoms with Gasteiger partial charge in [-0.15, -0.1) is 11.3 Å². The van der Waals surface area contributed by atoms with Crippen LogP contribution in [0.4, 0.5) is 0 Å². The Bertz CT molecular complexity index is 961. The van der Waals surface area contributed by atoms with Gasteiger partial charge >= 0.3 is 0 Å². The minimum Gasteiger partial charge on any atom is -0.496 e. The lowest BCUT2D eigenvalue weighted by atomic mass is 10.2. The van der Waals surface area contributed by atoms with Crippen LogP contribution in [0, 0.1) is 0 Å². The maximum Gasteiger partial charge on any atom is 0.262 e. The van der Waals surface area contributed by atoms with E-state index in [1.165, 1.54) is 10.4 Å². The molecule has 4 nitrogen and oxygen atoms in total. The van der Waals surface area contributed by atoms with Gasteiger partial charge in [0.1, 0.15) is 10.6 Å². The van der Waals surface area contributed by atoms with Gasteiger partial charge in [0, 0.05) is 15.5 Å². The van der Waals surface area contributed by atoms with Crippen LogP contribution in [0.3, 0.4) is 0 Å². The zero-order valence-corrected chi connectivity index (χ0v) is 14.2. The van der Waals surface area contributed by atoms with Gasteiger partial charge in [0.25, 0.3) is 5.56 Å². The number of fused-ring (bicyclic) bond motifs is 3. The molecule has 23 heavy (non-hydrogen) atoms. The van der Waals surface area contributed by atoms with Crippen LogP contribution < -0.4 is 10.3 Å². The zero-order chi connectivity index (χ0) is 16.0. The largest absolute Gasteiger partial charge is 0.496 e. The Morgan fingerprint density at radius 3 is 3.09 bits per heavy atom. The first-order valence-corrected chi connectivity index (χ1v) is 8.69. The van der Waals surface area contributed by atoms with Gasteiger partial charge in [0.2, 0.25) is 0 Å². The molecule has 0 N–H and O–H groups in total. The van der Waals surface area contributed by atoms with E-state index in [1.807, 2.05) is 12.1 Å². The number of methoxy groups -OCH3 is 1. The highest BCUT2D eigenvalue weighted by atomic mass is 35.5. The van der Waals surface area contributed by atoms with Crippen molar-refractivity contribution in [2.45, 2.75) is 25.8 Å². The van der Waals surface area contributed by atoms with Gasteiger partial charge in [0.15, 0.2) is 0 Å². The molecular formula is C17H15ClN2O2S. The summed E-state index contributed by atoms with van der Waals surface area (Å²) in [6.45, 7) is 0.399. The fourth-order valence-electron chi connectivity index (χ4n) is 3.19. The maximum atomic E-state index is 12.9. The molecule has 0 unspecified atom stereocenters. The Morgan fingerprint density at radius 2 is 2.26 bits per heavy atom. The van der Waals surface area contributed by atoms with Crippen molar-refractivity contribution in [1.29, 1.82) is 0 Å². The van der Waals surface area contributed by atoms with Gasteiger partial charge < -0.3 is 4.74 Å². The van der Waals surface area contributed by atoms with E-state index in [4.69, 9.17) is 16.3 Å². The molecule has 0 atom stereocenters. The quantitative estimate of drug-likeness (QED) is 0.727. The average molecular weight is 347 g/mol. The minimum atomic E-state index is 0.0245. The predicted molar refractivity (Wildman–Crippen MR) is 93.0 cm³/mol. The van der Waals surface area contributed by atoms with Gasteiger partial charge in [0.05, 0.1) is 25.4 Å². The first-order chi connectivity index (χ1) is 11.2. The average Bonchev–Trinajstić information content (AvgIpc) is 3.11. The van der Waals surface area contributed by atoms with Crippen molar-refractivity contribution in [3.05, 3.63) is 55.9 Å². The molecule has 6 heteroatoms. The Labute approximate surface area is 142 Å². The standard InChI is InChI=1S/C17H15ClN2O2S/c1-22-13-6-5-11(18)7-10(13)8-20-9-19-16-15(17(20)21)12-3-2-4-14(12)23-16/h5-7,9H,2-4,8H2,1H3. The van der Waals surface area contributed by atoms with Crippen LogP contribution in [-0.2, 0) is 19.4 Å². The van der Waals surface area contributed by atoms with Crippen molar-refractivity contribution in [3.8, 4) is 5.75 Å². The van der Waals surface area contributed by atoms with Gasteiger partial charge in [-0.05, 0) is 43.0 Å². The summed E-state index contributed by atoms with van der Waals surface area (Å²) in [6.07, 6.45) is 4.80. The van der Waals surface area contributed by atoms with E-state index >= 15 is 0 Å². The molecule has 4 rings (SSSR count). The van der Waals surface area contributed by atoms with E-state index in [-0.39, 0.29) is 5.56 Å². The van der Waals surface area contributed by atoms with E-state index in [0.717, 1.165) is 40.8 Å². The Balaban J connectivity index is 1.83. The summed E-state index contributed by atoms with van der Waals surface area (Å²) in [7, 11) is 1.61. The molecule has 0 amide bonds. The Kier molecular flexibility index (Phi) is 3.62. The van der Waals surface area contributed by atoms with E-state index in [1.54, 1.807) is 35.4 Å². The monoisotopic (exact) mass is 346 g/mol. The number of halogens is 1. The summed E-state index contributed by atoms with van der Waals surface area (Å²) < 4.78 is 7.01. The second-order valence-corrected chi connectivity index (χ2v) is 7.19. The van der Waals surface area contributed by atoms with E-state index in [0.29, 0.717) is 11.6 Å². The van der Waals surface area contributed by atoms with Crippen molar-refractivity contribution >= 4 is 33.2 Å². The number of aromatic nitrogens is 2. The molecule has 2 aromatic heterocycles. The fourth-order valence-corrected chi connectivity index (χ4v) is 4.60. The third-order valence-corrected chi connectivity index (χ3v) is 5.71. The molecule has 1 aliphatic rings. The number of thiophene rings is 1. The van der Waals surface area contributed by atoms with E-state index in [2.05, 4.69) is 4.98 Å². The molecule has 0 spiro atoms. The summed E-state index contributed by atoms with van der Waals surface area (Å²) in [5, 5.41) is 1.42. The highest BCUT2D eigenvalue weighted by molar-refractivity contribution is 7.18. The molecule has 0 saturated heterocycles.